The molecule has 2 rings (SSSR count). The molecule has 1 heterocycles. The molecule has 2 fully saturated rings. The predicted octanol–water partition coefficient (Wildman–Crippen LogP) is 0.190. The maximum absolute atomic E-state index is 12.5. The number of likely N-dealkylation sites (tertiary alicyclic amines) is 1. The van der Waals surface area contributed by atoms with Gasteiger partial charge in [-0.1, -0.05) is 19.9 Å². The molecule has 3 atom stereocenters. The Morgan fingerprint density at radius 2 is 2.00 bits per heavy atom. The number of nitrogens with one attached hydrogen (secondary N) is 1. The summed E-state index contributed by atoms with van der Waals surface area (Å²) < 4.78 is 0. The quantitative estimate of drug-likeness (QED) is 0.650. The average molecular weight is 395 g/mol. The number of carboxylic acid groups (broad SMARTS) is 1. The number of hydrogen-bond donors (Lipinski definition) is 2. The van der Waals surface area contributed by atoms with Gasteiger partial charge in [0.2, 0.25) is 11.8 Å². The summed E-state index contributed by atoms with van der Waals surface area (Å²) in [4.78, 5) is 37.6. The van der Waals surface area contributed by atoms with Crippen LogP contribution in [0.1, 0.15) is 39.5 Å². The number of carboxylic acids is 1. The molecule has 123 valence electrons. The third kappa shape index (κ3) is 4.15. The van der Waals surface area contributed by atoms with E-state index in [2.05, 4.69) is 10.5 Å². The van der Waals surface area contributed by atoms with Gasteiger partial charge in [-0.05, 0) is 31.6 Å². The first-order chi connectivity index (χ1) is 10.3. The number of nitrogens with zero attached hydrogens (tertiary/aromatic N) is 2. The van der Waals surface area contributed by atoms with Crippen molar-refractivity contribution in [1.82, 2.24) is 10.2 Å². The summed E-state index contributed by atoms with van der Waals surface area (Å²) in [5, 5.41) is 15.4. The van der Waals surface area contributed by atoms with Gasteiger partial charge in [-0.25, -0.2) is 4.79 Å². The van der Waals surface area contributed by atoms with Crippen LogP contribution in [0.5, 0.6) is 0 Å². The fourth-order valence-electron chi connectivity index (χ4n) is 3.08. The second kappa shape index (κ2) is 8.08. The Bertz CT molecular complexity index is 487. The SMILES string of the molecule is [B][N-][C@@H](C)C(=O)N1C[C@H](C)C[C@H]1C(=O)NC1(C(=O)O)CCC1.[Y]. The van der Waals surface area contributed by atoms with Gasteiger partial charge in [0.15, 0.2) is 0 Å². The van der Waals surface area contributed by atoms with Crippen LogP contribution in [0, 0.1) is 5.92 Å². The van der Waals surface area contributed by atoms with Crippen molar-refractivity contribution in [2.24, 2.45) is 5.92 Å². The first kappa shape index (κ1) is 20.6. The summed E-state index contributed by atoms with van der Waals surface area (Å²) >= 11 is 0. The Labute approximate surface area is 162 Å². The van der Waals surface area contributed by atoms with E-state index < -0.39 is 29.5 Å². The van der Waals surface area contributed by atoms with Crippen molar-refractivity contribution in [3.8, 4) is 0 Å². The molecule has 0 aromatic carbocycles. The van der Waals surface area contributed by atoms with E-state index in [-0.39, 0.29) is 44.5 Å². The van der Waals surface area contributed by atoms with E-state index >= 15 is 0 Å². The fourth-order valence-corrected chi connectivity index (χ4v) is 3.08. The molecule has 1 aliphatic heterocycles. The molecule has 2 N–H and O–H groups in total. The molecule has 2 amide bonds. The van der Waals surface area contributed by atoms with Gasteiger partial charge in [-0.3, -0.25) is 9.59 Å². The van der Waals surface area contributed by atoms with Crippen molar-refractivity contribution in [2.45, 2.75) is 57.2 Å². The molecule has 0 bridgehead atoms. The van der Waals surface area contributed by atoms with Crippen LogP contribution in [-0.2, 0) is 47.1 Å². The molecule has 0 spiro atoms. The first-order valence-corrected chi connectivity index (χ1v) is 7.56. The Kier molecular flexibility index (Phi) is 7.23. The number of rotatable bonds is 5. The molecule has 0 unspecified atom stereocenters. The monoisotopic (exact) mass is 395 g/mol. The molecule has 9 heteroatoms. The molecule has 1 saturated heterocycles. The third-order valence-electron chi connectivity index (χ3n) is 4.66. The molecule has 23 heavy (non-hydrogen) atoms. The van der Waals surface area contributed by atoms with Gasteiger partial charge in [0.1, 0.15) is 11.6 Å². The van der Waals surface area contributed by atoms with Crippen LogP contribution in [-0.4, -0.2) is 59.9 Å². The number of hydrogen-bond acceptors (Lipinski definition) is 3. The fraction of sp³-hybridized carbons (Fsp3) is 0.786. The molecule has 1 aliphatic carbocycles. The second-order valence-electron chi connectivity index (χ2n) is 6.40. The zero-order chi connectivity index (χ0) is 16.5. The van der Waals surface area contributed by atoms with E-state index in [0.717, 1.165) is 6.42 Å². The minimum absolute atomic E-state index is 0. The first-order valence-electron chi connectivity index (χ1n) is 7.56. The van der Waals surface area contributed by atoms with Crippen LogP contribution >= 0.6 is 0 Å². The second-order valence-corrected chi connectivity index (χ2v) is 6.40. The zero-order valence-electron chi connectivity index (χ0n) is 13.5. The molecule has 0 aromatic heterocycles. The minimum atomic E-state index is -1.17. The van der Waals surface area contributed by atoms with Crippen molar-refractivity contribution in [2.75, 3.05) is 6.54 Å². The number of carbonyl (C=O) groups is 3. The van der Waals surface area contributed by atoms with Gasteiger partial charge < -0.3 is 20.6 Å². The van der Waals surface area contributed by atoms with Gasteiger partial charge in [-0.2, -0.15) is 0 Å². The number of carbonyl (C=O) groups excluding carboxylic acids is 2. The normalized spacial score (nSPS) is 26.6. The predicted molar refractivity (Wildman–Crippen MR) is 80.2 cm³/mol. The van der Waals surface area contributed by atoms with E-state index in [9.17, 15) is 19.5 Å². The summed E-state index contributed by atoms with van der Waals surface area (Å²) in [6.07, 6.45) is 2.15. The van der Waals surface area contributed by atoms with Gasteiger partial charge in [0.25, 0.3) is 0 Å². The number of aliphatic carboxylic acids is 1. The molecule has 2 aliphatic rings. The maximum Gasteiger partial charge on any atom is 0.329 e. The van der Waals surface area contributed by atoms with Crippen LogP contribution < -0.4 is 5.32 Å². The third-order valence-corrected chi connectivity index (χ3v) is 4.66. The van der Waals surface area contributed by atoms with Crippen LogP contribution in [0.2, 0.25) is 0 Å². The summed E-state index contributed by atoms with van der Waals surface area (Å²) in [6, 6.07) is -1.36. The molecule has 3 radical (unpaired) electrons. The van der Waals surface area contributed by atoms with Crippen LogP contribution in [0.25, 0.3) is 5.23 Å². The average Bonchev–Trinajstić information content (AvgIpc) is 2.82. The maximum atomic E-state index is 12.5. The van der Waals surface area contributed by atoms with Crippen molar-refractivity contribution in [1.29, 1.82) is 0 Å². The van der Waals surface area contributed by atoms with E-state index in [1.54, 1.807) is 6.92 Å². The van der Waals surface area contributed by atoms with Gasteiger partial charge in [0.05, 0.1) is 0 Å². The van der Waals surface area contributed by atoms with Crippen molar-refractivity contribution in [3.05, 3.63) is 5.23 Å². The summed E-state index contributed by atoms with van der Waals surface area (Å²) in [5.74, 6) is -1.54. The molecular formula is C14H21BN3O4Y-. The Morgan fingerprint density at radius 1 is 1.39 bits per heavy atom. The van der Waals surface area contributed by atoms with Crippen LogP contribution in [0.4, 0.5) is 0 Å². The largest absolute Gasteiger partial charge is 0.690 e. The zero-order valence-corrected chi connectivity index (χ0v) is 16.3. The van der Waals surface area contributed by atoms with Crippen molar-refractivity contribution >= 4 is 25.8 Å². The van der Waals surface area contributed by atoms with E-state index in [0.29, 0.717) is 25.8 Å². The minimum Gasteiger partial charge on any atom is -0.690 e. The van der Waals surface area contributed by atoms with E-state index in [4.69, 9.17) is 7.98 Å². The molecule has 0 aromatic rings. The summed E-state index contributed by atoms with van der Waals surface area (Å²) in [7, 11) is 5.17. The standard InChI is InChI=1S/C14H21BN3O4.Y/c1-8-6-10(18(7-8)12(20)9(2)17-15)11(19)16-14(13(21)22)4-3-5-14;/h8-10H,3-7H2,1-2H3,(H,16,19)(H,21,22);/q-1;/t8-,9+,10+;/m1./s1. The smallest absolute Gasteiger partial charge is 0.329 e. The topological polar surface area (TPSA) is 101 Å². The van der Waals surface area contributed by atoms with E-state index in [1.165, 1.54) is 4.90 Å². The molecular weight excluding hydrogens is 374 g/mol. The van der Waals surface area contributed by atoms with Crippen molar-refractivity contribution < 1.29 is 52.2 Å². The van der Waals surface area contributed by atoms with E-state index in [1.807, 2.05) is 6.92 Å². The van der Waals surface area contributed by atoms with Gasteiger partial charge in [-0.15, -0.1) is 7.98 Å². The Morgan fingerprint density at radius 3 is 2.43 bits per heavy atom. The van der Waals surface area contributed by atoms with Gasteiger partial charge >= 0.3 is 5.97 Å². The Balaban J connectivity index is 0.00000264. The molecule has 7 nitrogen and oxygen atoms in total. The summed E-state index contributed by atoms with van der Waals surface area (Å²) in [6.45, 7) is 3.98. The molecule has 1 saturated carbocycles. The number of amides is 2. The van der Waals surface area contributed by atoms with Crippen molar-refractivity contribution in [3.63, 3.8) is 0 Å². The Hall–Kier alpha value is -0.461. The summed E-state index contributed by atoms with van der Waals surface area (Å²) in [5.41, 5.74) is -1.17. The van der Waals surface area contributed by atoms with Crippen LogP contribution in [0.3, 0.4) is 0 Å². The van der Waals surface area contributed by atoms with Gasteiger partial charge in [0, 0.05) is 39.3 Å². The van der Waals surface area contributed by atoms with Crippen LogP contribution in [0.15, 0.2) is 0 Å².